The van der Waals surface area contributed by atoms with Crippen molar-refractivity contribution >= 4 is 17.5 Å². The Morgan fingerprint density at radius 2 is 1.94 bits per heavy atom. The second-order valence-electron chi connectivity index (χ2n) is 3.22. The SMILES string of the molecule is O=C(NCC(F)(F)C(F)(F)F)c1ncccc1Cl. The minimum atomic E-state index is -5.73. The molecule has 0 saturated carbocycles. The lowest BCUT2D eigenvalue weighted by atomic mass is 10.3. The smallest absolute Gasteiger partial charge is 0.344 e. The maximum atomic E-state index is 12.5. The van der Waals surface area contributed by atoms with Crippen molar-refractivity contribution in [3.8, 4) is 0 Å². The monoisotopic (exact) mass is 288 g/mol. The average molecular weight is 289 g/mol. The van der Waals surface area contributed by atoms with Crippen LogP contribution < -0.4 is 5.32 Å². The van der Waals surface area contributed by atoms with Crippen molar-refractivity contribution in [1.82, 2.24) is 10.3 Å². The fraction of sp³-hybridized carbons (Fsp3) is 0.333. The van der Waals surface area contributed by atoms with E-state index in [4.69, 9.17) is 11.6 Å². The summed E-state index contributed by atoms with van der Waals surface area (Å²) in [6.45, 7) is -1.87. The quantitative estimate of drug-likeness (QED) is 0.869. The van der Waals surface area contributed by atoms with Crippen LogP contribution in [0.25, 0.3) is 0 Å². The summed E-state index contributed by atoms with van der Waals surface area (Å²) in [6.07, 6.45) is -4.57. The molecule has 9 heteroatoms. The van der Waals surface area contributed by atoms with Gasteiger partial charge in [0, 0.05) is 6.20 Å². The van der Waals surface area contributed by atoms with Gasteiger partial charge >= 0.3 is 12.1 Å². The lowest BCUT2D eigenvalue weighted by Gasteiger charge is -2.19. The molecule has 1 rings (SSSR count). The van der Waals surface area contributed by atoms with Crippen molar-refractivity contribution in [2.75, 3.05) is 6.54 Å². The summed E-state index contributed by atoms with van der Waals surface area (Å²) in [5.41, 5.74) is -0.419. The number of nitrogens with one attached hydrogen (secondary N) is 1. The number of hydrogen-bond acceptors (Lipinski definition) is 2. The summed E-state index contributed by atoms with van der Waals surface area (Å²) >= 11 is 5.53. The van der Waals surface area contributed by atoms with E-state index in [9.17, 15) is 26.7 Å². The largest absolute Gasteiger partial charge is 0.455 e. The van der Waals surface area contributed by atoms with E-state index in [1.54, 1.807) is 0 Å². The third kappa shape index (κ3) is 3.28. The van der Waals surface area contributed by atoms with Crippen LogP contribution >= 0.6 is 11.6 Å². The molecule has 0 aliphatic carbocycles. The first kappa shape index (κ1) is 14.6. The number of alkyl halides is 5. The first-order chi connectivity index (χ1) is 8.15. The van der Waals surface area contributed by atoms with Crippen molar-refractivity contribution in [3.05, 3.63) is 29.0 Å². The van der Waals surface area contributed by atoms with Gasteiger partial charge < -0.3 is 5.32 Å². The Labute approximate surface area is 103 Å². The van der Waals surface area contributed by atoms with Crippen LogP contribution in [0.4, 0.5) is 22.0 Å². The highest BCUT2D eigenvalue weighted by atomic mass is 35.5. The molecule has 0 aliphatic rings. The second kappa shape index (κ2) is 5.05. The summed E-state index contributed by atoms with van der Waals surface area (Å²) < 4.78 is 60.5. The molecule has 0 bridgehead atoms. The van der Waals surface area contributed by atoms with Crippen molar-refractivity contribution in [1.29, 1.82) is 0 Å². The molecule has 100 valence electrons. The lowest BCUT2D eigenvalue weighted by Crippen LogP contribution is -2.46. The maximum Gasteiger partial charge on any atom is 0.455 e. The van der Waals surface area contributed by atoms with Gasteiger partial charge in [-0.05, 0) is 12.1 Å². The van der Waals surface area contributed by atoms with Crippen LogP contribution in [-0.2, 0) is 0 Å². The number of carbonyl (C=O) groups is 1. The van der Waals surface area contributed by atoms with Gasteiger partial charge in [0.15, 0.2) is 0 Å². The van der Waals surface area contributed by atoms with Gasteiger partial charge in [-0.3, -0.25) is 4.79 Å². The van der Waals surface area contributed by atoms with Crippen LogP contribution in [0.1, 0.15) is 10.5 Å². The molecule has 0 aliphatic heterocycles. The lowest BCUT2D eigenvalue weighted by molar-refractivity contribution is -0.278. The zero-order chi connectivity index (χ0) is 14.0. The van der Waals surface area contributed by atoms with Crippen molar-refractivity contribution in [2.45, 2.75) is 12.1 Å². The highest BCUT2D eigenvalue weighted by molar-refractivity contribution is 6.33. The molecule has 0 fully saturated rings. The standard InChI is InChI=1S/C9H6ClF5N2O/c10-5-2-1-3-16-6(5)7(18)17-4-8(11,12)9(13,14)15/h1-3H,4H2,(H,17,18). The van der Waals surface area contributed by atoms with Gasteiger partial charge in [0.2, 0.25) is 0 Å². The zero-order valence-corrected chi connectivity index (χ0v) is 9.32. The van der Waals surface area contributed by atoms with E-state index in [0.717, 1.165) is 6.20 Å². The van der Waals surface area contributed by atoms with Gasteiger partial charge in [0.05, 0.1) is 11.6 Å². The van der Waals surface area contributed by atoms with E-state index in [1.165, 1.54) is 17.4 Å². The Bertz CT molecular complexity index is 449. The minimum absolute atomic E-state index is 0.148. The Balaban J connectivity index is 2.71. The number of hydrogen-bond donors (Lipinski definition) is 1. The Hall–Kier alpha value is -1.44. The van der Waals surface area contributed by atoms with Gasteiger partial charge in [0.25, 0.3) is 5.91 Å². The van der Waals surface area contributed by atoms with Crippen LogP contribution in [0.2, 0.25) is 5.02 Å². The van der Waals surface area contributed by atoms with Crippen LogP contribution in [0.3, 0.4) is 0 Å². The van der Waals surface area contributed by atoms with E-state index < -0.39 is 30.2 Å². The number of carbonyl (C=O) groups excluding carboxylic acids is 1. The topological polar surface area (TPSA) is 42.0 Å². The summed E-state index contributed by atoms with van der Waals surface area (Å²) in [6, 6.07) is 2.63. The van der Waals surface area contributed by atoms with E-state index >= 15 is 0 Å². The van der Waals surface area contributed by atoms with E-state index in [2.05, 4.69) is 4.98 Å². The third-order valence-electron chi connectivity index (χ3n) is 1.86. The predicted octanol–water partition coefficient (Wildman–Crippen LogP) is 2.66. The molecule has 1 aromatic heterocycles. The zero-order valence-electron chi connectivity index (χ0n) is 8.56. The number of aromatic nitrogens is 1. The minimum Gasteiger partial charge on any atom is -0.344 e. The third-order valence-corrected chi connectivity index (χ3v) is 2.16. The molecule has 0 atom stereocenters. The van der Waals surface area contributed by atoms with E-state index in [-0.39, 0.29) is 5.02 Å². The number of rotatable bonds is 3. The number of pyridine rings is 1. The molecule has 18 heavy (non-hydrogen) atoms. The Morgan fingerprint density at radius 1 is 1.33 bits per heavy atom. The van der Waals surface area contributed by atoms with Gasteiger partial charge in [-0.15, -0.1) is 0 Å². The van der Waals surface area contributed by atoms with Crippen LogP contribution in [0.15, 0.2) is 18.3 Å². The van der Waals surface area contributed by atoms with Crippen LogP contribution in [0.5, 0.6) is 0 Å². The molecule has 0 saturated heterocycles. The molecular weight excluding hydrogens is 283 g/mol. The molecule has 1 N–H and O–H groups in total. The van der Waals surface area contributed by atoms with Crippen molar-refractivity contribution in [2.24, 2.45) is 0 Å². The Morgan fingerprint density at radius 3 is 2.44 bits per heavy atom. The normalized spacial score (nSPS) is 12.3. The molecular formula is C9H6ClF5N2O. The van der Waals surface area contributed by atoms with Crippen molar-refractivity contribution in [3.63, 3.8) is 0 Å². The van der Waals surface area contributed by atoms with Gasteiger partial charge in [-0.1, -0.05) is 11.6 Å². The molecule has 1 aromatic rings. The predicted molar refractivity (Wildman–Crippen MR) is 52.6 cm³/mol. The summed E-state index contributed by atoms with van der Waals surface area (Å²) in [5, 5.41) is 1.28. The number of nitrogens with zero attached hydrogens (tertiary/aromatic N) is 1. The van der Waals surface area contributed by atoms with Gasteiger partial charge in [-0.2, -0.15) is 22.0 Å². The molecule has 0 unspecified atom stereocenters. The van der Waals surface area contributed by atoms with Gasteiger partial charge in [0.1, 0.15) is 5.69 Å². The van der Waals surface area contributed by atoms with E-state index in [0.29, 0.717) is 0 Å². The maximum absolute atomic E-state index is 12.5. The van der Waals surface area contributed by atoms with E-state index in [1.807, 2.05) is 0 Å². The molecule has 3 nitrogen and oxygen atoms in total. The highest BCUT2D eigenvalue weighted by Crippen LogP contribution is 2.34. The first-order valence-corrected chi connectivity index (χ1v) is 4.86. The summed E-state index contributed by atoms with van der Waals surface area (Å²) in [5.74, 6) is -6.21. The fourth-order valence-corrected chi connectivity index (χ4v) is 1.14. The molecule has 0 aromatic carbocycles. The first-order valence-electron chi connectivity index (χ1n) is 4.48. The van der Waals surface area contributed by atoms with Crippen molar-refractivity contribution < 1.29 is 26.7 Å². The number of halogens is 6. The fourth-order valence-electron chi connectivity index (χ4n) is 0.928. The summed E-state index contributed by atoms with van der Waals surface area (Å²) in [7, 11) is 0. The summed E-state index contributed by atoms with van der Waals surface area (Å²) in [4.78, 5) is 14.8. The highest BCUT2D eigenvalue weighted by Gasteiger charge is 2.57. The number of amides is 1. The van der Waals surface area contributed by atoms with Gasteiger partial charge in [-0.25, -0.2) is 4.98 Å². The molecule has 0 radical (unpaired) electrons. The average Bonchev–Trinajstić information content (AvgIpc) is 2.25. The van der Waals surface area contributed by atoms with Crippen LogP contribution in [0, 0.1) is 0 Å². The molecule has 1 amide bonds. The second-order valence-corrected chi connectivity index (χ2v) is 3.63. The Kier molecular flexibility index (Phi) is 4.10. The molecule has 1 heterocycles. The van der Waals surface area contributed by atoms with Crippen LogP contribution in [-0.4, -0.2) is 29.5 Å². The molecule has 0 spiro atoms.